The molecule has 5 nitrogen and oxygen atoms in total. The van der Waals surface area contributed by atoms with E-state index in [-0.39, 0.29) is 0 Å². The summed E-state index contributed by atoms with van der Waals surface area (Å²) in [6.45, 7) is 4.28. The Balaban J connectivity index is 2.13. The Morgan fingerprint density at radius 2 is 2.11 bits per heavy atom. The maximum Gasteiger partial charge on any atom is 0.206 e. The summed E-state index contributed by atoms with van der Waals surface area (Å²) in [5, 5.41) is 14.5. The van der Waals surface area contributed by atoms with Gasteiger partial charge in [0.05, 0.1) is 11.1 Å². The highest BCUT2D eigenvalue weighted by Gasteiger charge is 2.12. The Labute approximate surface area is 115 Å². The normalized spacial score (nSPS) is 12.4. The molecular weight excluding hydrogens is 266 g/mol. The van der Waals surface area contributed by atoms with Crippen LogP contribution in [0.2, 0.25) is 0 Å². The first kappa shape index (κ1) is 13.2. The minimum absolute atomic E-state index is 0.421. The summed E-state index contributed by atoms with van der Waals surface area (Å²) in [5.41, 5.74) is 0. The molecule has 1 unspecified atom stereocenters. The quantitative estimate of drug-likeness (QED) is 0.914. The first-order chi connectivity index (χ1) is 8.60. The highest BCUT2D eigenvalue weighted by molar-refractivity contribution is 7.25. The molecule has 0 aromatic carbocycles. The summed E-state index contributed by atoms with van der Waals surface area (Å²) in [6, 6.07) is 0.421. The Morgan fingerprint density at radius 1 is 1.33 bits per heavy atom. The van der Waals surface area contributed by atoms with Gasteiger partial charge >= 0.3 is 0 Å². The molecule has 1 N–H and O–H groups in total. The zero-order valence-electron chi connectivity index (χ0n) is 11.0. The predicted octanol–water partition coefficient (Wildman–Crippen LogP) is 2.94. The van der Waals surface area contributed by atoms with E-state index in [0.29, 0.717) is 6.04 Å². The van der Waals surface area contributed by atoms with Gasteiger partial charge in [-0.3, -0.25) is 0 Å². The molecule has 2 aromatic rings. The summed E-state index contributed by atoms with van der Waals surface area (Å²) in [6.07, 6.45) is 2.92. The molecule has 0 aliphatic rings. The van der Waals surface area contributed by atoms with Gasteiger partial charge < -0.3 is 10.2 Å². The van der Waals surface area contributed by atoms with Gasteiger partial charge in [0, 0.05) is 20.1 Å². The Hall–Kier alpha value is -1.21. The first-order valence-electron chi connectivity index (χ1n) is 5.83. The van der Waals surface area contributed by atoms with E-state index in [0.717, 1.165) is 26.6 Å². The summed E-state index contributed by atoms with van der Waals surface area (Å²) in [7, 11) is 3.97. The van der Waals surface area contributed by atoms with Crippen molar-refractivity contribution in [3.63, 3.8) is 0 Å². The van der Waals surface area contributed by atoms with Crippen molar-refractivity contribution in [3.05, 3.63) is 6.20 Å². The third-order valence-corrected chi connectivity index (χ3v) is 4.68. The third-order valence-electron chi connectivity index (χ3n) is 2.49. The molecular formula is C11H17N5S2. The van der Waals surface area contributed by atoms with Crippen molar-refractivity contribution >= 4 is 32.9 Å². The number of thiazole rings is 1. The molecule has 98 valence electrons. The molecule has 0 aliphatic carbocycles. The monoisotopic (exact) mass is 283 g/mol. The van der Waals surface area contributed by atoms with E-state index in [4.69, 9.17) is 0 Å². The molecule has 2 heterocycles. The second kappa shape index (κ2) is 5.62. The van der Waals surface area contributed by atoms with Crippen molar-refractivity contribution in [2.24, 2.45) is 0 Å². The van der Waals surface area contributed by atoms with Crippen molar-refractivity contribution in [2.75, 3.05) is 24.3 Å². The van der Waals surface area contributed by atoms with Crippen LogP contribution in [0.15, 0.2) is 6.20 Å². The zero-order chi connectivity index (χ0) is 13.1. The summed E-state index contributed by atoms with van der Waals surface area (Å²) >= 11 is 3.20. The van der Waals surface area contributed by atoms with Crippen LogP contribution in [0.5, 0.6) is 0 Å². The summed E-state index contributed by atoms with van der Waals surface area (Å²) in [5.74, 6) is 0. The molecule has 0 saturated carbocycles. The van der Waals surface area contributed by atoms with Crippen LogP contribution >= 0.6 is 22.7 Å². The van der Waals surface area contributed by atoms with E-state index >= 15 is 0 Å². The van der Waals surface area contributed by atoms with Gasteiger partial charge in [0.2, 0.25) is 5.13 Å². The molecule has 2 aromatic heterocycles. The average molecular weight is 283 g/mol. The standard InChI is InChI=1S/C11H17N5S2/c1-5-7(2)13-10-15-14-9(18-10)8-6-12-11(17-8)16(3)4/h6-7H,5H2,1-4H3,(H,13,15). The van der Waals surface area contributed by atoms with Gasteiger partial charge in [0.25, 0.3) is 0 Å². The second-order valence-electron chi connectivity index (χ2n) is 4.27. The minimum Gasteiger partial charge on any atom is -0.358 e. The van der Waals surface area contributed by atoms with Crippen LogP contribution in [0.25, 0.3) is 9.88 Å². The zero-order valence-corrected chi connectivity index (χ0v) is 12.6. The molecule has 0 bridgehead atoms. The van der Waals surface area contributed by atoms with Crippen molar-refractivity contribution < 1.29 is 0 Å². The Kier molecular flexibility index (Phi) is 4.13. The summed E-state index contributed by atoms with van der Waals surface area (Å²) in [4.78, 5) is 7.40. The van der Waals surface area contributed by atoms with Gasteiger partial charge in [-0.2, -0.15) is 0 Å². The second-order valence-corrected chi connectivity index (χ2v) is 6.25. The topological polar surface area (TPSA) is 53.9 Å². The van der Waals surface area contributed by atoms with Crippen molar-refractivity contribution in [2.45, 2.75) is 26.3 Å². The number of aromatic nitrogens is 3. The van der Waals surface area contributed by atoms with Crippen molar-refractivity contribution in [1.29, 1.82) is 0 Å². The van der Waals surface area contributed by atoms with Gasteiger partial charge in [-0.15, -0.1) is 10.2 Å². The molecule has 0 spiro atoms. The lowest BCUT2D eigenvalue weighted by Gasteiger charge is -2.07. The fourth-order valence-corrected chi connectivity index (χ4v) is 2.99. The number of nitrogens with zero attached hydrogens (tertiary/aromatic N) is 4. The lowest BCUT2D eigenvalue weighted by atomic mass is 10.3. The Bertz CT molecular complexity index is 505. The molecule has 7 heteroatoms. The van der Waals surface area contributed by atoms with Crippen LogP contribution < -0.4 is 10.2 Å². The van der Waals surface area contributed by atoms with E-state index in [1.54, 1.807) is 22.7 Å². The molecule has 0 fully saturated rings. The maximum atomic E-state index is 4.34. The minimum atomic E-state index is 0.421. The Morgan fingerprint density at radius 3 is 2.72 bits per heavy atom. The number of nitrogens with one attached hydrogen (secondary N) is 1. The summed E-state index contributed by atoms with van der Waals surface area (Å²) < 4.78 is 0. The molecule has 0 saturated heterocycles. The van der Waals surface area contributed by atoms with Crippen LogP contribution in [0, 0.1) is 0 Å². The van der Waals surface area contributed by atoms with Gasteiger partial charge in [0.1, 0.15) is 0 Å². The van der Waals surface area contributed by atoms with Crippen LogP contribution in [0.1, 0.15) is 20.3 Å². The lowest BCUT2D eigenvalue weighted by Crippen LogP contribution is -2.12. The van der Waals surface area contributed by atoms with Crippen LogP contribution in [0.4, 0.5) is 10.3 Å². The molecule has 0 aliphatic heterocycles. The van der Waals surface area contributed by atoms with Crippen molar-refractivity contribution in [1.82, 2.24) is 15.2 Å². The predicted molar refractivity (Wildman–Crippen MR) is 78.7 cm³/mol. The maximum absolute atomic E-state index is 4.34. The number of anilines is 2. The van der Waals surface area contributed by atoms with E-state index in [1.807, 2.05) is 25.2 Å². The third kappa shape index (κ3) is 2.97. The number of hydrogen-bond donors (Lipinski definition) is 1. The number of rotatable bonds is 5. The molecule has 1 atom stereocenters. The van der Waals surface area contributed by atoms with Crippen molar-refractivity contribution in [3.8, 4) is 9.88 Å². The largest absolute Gasteiger partial charge is 0.358 e. The fraction of sp³-hybridized carbons (Fsp3) is 0.545. The lowest BCUT2D eigenvalue weighted by molar-refractivity contribution is 0.760. The number of hydrogen-bond acceptors (Lipinski definition) is 7. The van der Waals surface area contributed by atoms with E-state index < -0.39 is 0 Å². The highest BCUT2D eigenvalue weighted by Crippen LogP contribution is 2.33. The van der Waals surface area contributed by atoms with E-state index in [2.05, 4.69) is 34.3 Å². The highest BCUT2D eigenvalue weighted by atomic mass is 32.1. The molecule has 18 heavy (non-hydrogen) atoms. The average Bonchev–Trinajstić information content (AvgIpc) is 2.96. The van der Waals surface area contributed by atoms with Crippen LogP contribution in [-0.4, -0.2) is 35.3 Å². The molecule has 0 radical (unpaired) electrons. The van der Waals surface area contributed by atoms with Gasteiger partial charge in [0.15, 0.2) is 10.1 Å². The molecule has 0 amide bonds. The smallest absolute Gasteiger partial charge is 0.206 e. The van der Waals surface area contributed by atoms with E-state index in [1.165, 1.54) is 0 Å². The molecule has 2 rings (SSSR count). The first-order valence-corrected chi connectivity index (χ1v) is 7.47. The van der Waals surface area contributed by atoms with Gasteiger partial charge in [-0.05, 0) is 13.3 Å². The van der Waals surface area contributed by atoms with Gasteiger partial charge in [-0.1, -0.05) is 29.6 Å². The van der Waals surface area contributed by atoms with Crippen LogP contribution in [-0.2, 0) is 0 Å². The fourth-order valence-electron chi connectivity index (χ4n) is 1.26. The van der Waals surface area contributed by atoms with Gasteiger partial charge in [-0.25, -0.2) is 4.98 Å². The van der Waals surface area contributed by atoms with E-state index in [9.17, 15) is 0 Å². The SMILES string of the molecule is CCC(C)Nc1nnc(-c2cnc(N(C)C)s2)s1. The van der Waals surface area contributed by atoms with Crippen LogP contribution in [0.3, 0.4) is 0 Å².